The number of sulfone groups is 1. The van der Waals surface area contributed by atoms with Crippen molar-refractivity contribution in [2.75, 3.05) is 6.26 Å². The van der Waals surface area contributed by atoms with Gasteiger partial charge in [0.05, 0.1) is 4.90 Å². The summed E-state index contributed by atoms with van der Waals surface area (Å²) >= 11 is 0. The fraction of sp³-hybridized carbons (Fsp3) is 0.400. The molecule has 1 aliphatic rings. The highest BCUT2D eigenvalue weighted by Crippen LogP contribution is 2.47. The molecule has 2 rings (SSSR count). The summed E-state index contributed by atoms with van der Waals surface area (Å²) in [6.07, 6.45) is -5.82. The number of aliphatic hydroxyl groups is 1. The Balaban J connectivity index is 2.80. The van der Waals surface area contributed by atoms with Gasteiger partial charge in [-0.1, -0.05) is 0 Å². The van der Waals surface area contributed by atoms with Crippen LogP contribution in [0.1, 0.15) is 23.4 Å². The fourth-order valence-corrected chi connectivity index (χ4v) is 2.92. The normalized spacial score (nSPS) is 28.2. The van der Waals surface area contributed by atoms with Crippen LogP contribution in [-0.2, 0) is 9.84 Å². The van der Waals surface area contributed by atoms with Crippen LogP contribution in [0.2, 0.25) is 0 Å². The van der Waals surface area contributed by atoms with Gasteiger partial charge in [-0.25, -0.2) is 21.6 Å². The Kier molecular flexibility index (Phi) is 2.70. The molecule has 0 amide bonds. The minimum atomic E-state index is -3.78. The van der Waals surface area contributed by atoms with E-state index in [-0.39, 0.29) is 0 Å². The van der Waals surface area contributed by atoms with Crippen molar-refractivity contribution >= 4 is 9.84 Å². The maximum atomic E-state index is 13.4. The maximum absolute atomic E-state index is 13.4. The molecule has 1 N–H and O–H groups in total. The highest BCUT2D eigenvalue weighted by atomic mass is 32.2. The monoisotopic (exact) mass is 266 g/mol. The maximum Gasteiger partial charge on any atom is 0.175 e. The van der Waals surface area contributed by atoms with Gasteiger partial charge in [0, 0.05) is 17.4 Å². The summed E-state index contributed by atoms with van der Waals surface area (Å²) in [4.78, 5) is -0.441. The molecule has 0 bridgehead atoms. The molecule has 0 aromatic heterocycles. The summed E-state index contributed by atoms with van der Waals surface area (Å²) in [6, 6.07) is 1.66. The second kappa shape index (κ2) is 3.71. The van der Waals surface area contributed by atoms with Gasteiger partial charge in [0.2, 0.25) is 0 Å². The second-order valence-corrected chi connectivity index (χ2v) is 5.92. The molecule has 1 aromatic carbocycles. The van der Waals surface area contributed by atoms with E-state index in [0.29, 0.717) is 0 Å². The second-order valence-electron chi connectivity index (χ2n) is 3.94. The summed E-state index contributed by atoms with van der Waals surface area (Å²) in [5.74, 6) is -1.06. The lowest BCUT2D eigenvalue weighted by molar-refractivity contribution is 0.0453. The molecule has 0 unspecified atom stereocenters. The van der Waals surface area contributed by atoms with E-state index in [1.165, 1.54) is 0 Å². The number of hydrogen-bond acceptors (Lipinski definition) is 3. The standard InChI is InChI=1S/C10H9F3O3S/c1-17(15,16)5-3-2-4(11)6-7(5)10(14)9(13)8(6)12/h2-3,8-10,14H,1H3/t8-,9-,10+/m1/s1. The first-order valence-electron chi connectivity index (χ1n) is 4.73. The molecule has 3 atom stereocenters. The van der Waals surface area contributed by atoms with Crippen molar-refractivity contribution < 1.29 is 26.7 Å². The third kappa shape index (κ3) is 1.73. The van der Waals surface area contributed by atoms with E-state index < -0.39 is 50.1 Å². The van der Waals surface area contributed by atoms with Crippen molar-refractivity contribution in [1.29, 1.82) is 0 Å². The van der Waals surface area contributed by atoms with E-state index in [1.54, 1.807) is 0 Å². The lowest BCUT2D eigenvalue weighted by Crippen LogP contribution is -2.11. The van der Waals surface area contributed by atoms with Gasteiger partial charge >= 0.3 is 0 Å². The number of aliphatic hydroxyl groups excluding tert-OH is 1. The van der Waals surface area contributed by atoms with Crippen LogP contribution in [-0.4, -0.2) is 26.0 Å². The van der Waals surface area contributed by atoms with Crippen molar-refractivity contribution in [2.24, 2.45) is 0 Å². The topological polar surface area (TPSA) is 54.4 Å². The van der Waals surface area contributed by atoms with Crippen LogP contribution in [0, 0.1) is 5.82 Å². The fourth-order valence-electron chi connectivity index (χ4n) is 1.98. The Morgan fingerprint density at radius 2 is 1.82 bits per heavy atom. The third-order valence-corrected chi connectivity index (χ3v) is 3.90. The van der Waals surface area contributed by atoms with Gasteiger partial charge < -0.3 is 5.11 Å². The smallest absolute Gasteiger partial charge is 0.175 e. The molecule has 0 heterocycles. The van der Waals surface area contributed by atoms with Crippen LogP contribution >= 0.6 is 0 Å². The summed E-state index contributed by atoms with van der Waals surface area (Å²) in [5.41, 5.74) is -1.21. The summed E-state index contributed by atoms with van der Waals surface area (Å²) in [5, 5.41) is 9.44. The highest BCUT2D eigenvalue weighted by Gasteiger charge is 2.45. The van der Waals surface area contributed by atoms with Crippen LogP contribution in [0.15, 0.2) is 17.0 Å². The van der Waals surface area contributed by atoms with E-state index in [2.05, 4.69) is 0 Å². The number of fused-ring (bicyclic) bond motifs is 1. The SMILES string of the molecule is CS(=O)(=O)c1ccc(F)c2c1[C@H](O)[C@H](F)[C@@H]2F. The Morgan fingerprint density at radius 3 is 2.35 bits per heavy atom. The Labute approximate surface area is 95.8 Å². The Morgan fingerprint density at radius 1 is 1.24 bits per heavy atom. The molecule has 0 saturated heterocycles. The Hall–Kier alpha value is -1.08. The zero-order valence-electron chi connectivity index (χ0n) is 8.69. The first-order valence-corrected chi connectivity index (χ1v) is 6.63. The van der Waals surface area contributed by atoms with Gasteiger partial charge in [0.1, 0.15) is 11.9 Å². The zero-order chi connectivity index (χ0) is 13.0. The van der Waals surface area contributed by atoms with Crippen molar-refractivity contribution in [1.82, 2.24) is 0 Å². The van der Waals surface area contributed by atoms with Gasteiger partial charge in [0.15, 0.2) is 22.2 Å². The Bertz CT molecular complexity index is 570. The molecule has 94 valence electrons. The quantitative estimate of drug-likeness (QED) is 0.786. The van der Waals surface area contributed by atoms with Gasteiger partial charge in [-0.2, -0.15) is 0 Å². The average molecular weight is 266 g/mol. The van der Waals surface area contributed by atoms with Gasteiger partial charge in [-0.15, -0.1) is 0 Å². The molecule has 1 aliphatic carbocycles. The van der Waals surface area contributed by atoms with Crippen LogP contribution in [0.5, 0.6) is 0 Å². The number of benzene rings is 1. The number of rotatable bonds is 1. The molecule has 7 heteroatoms. The van der Waals surface area contributed by atoms with E-state index in [0.717, 1.165) is 18.4 Å². The lowest BCUT2D eigenvalue weighted by Gasteiger charge is -2.10. The average Bonchev–Trinajstić information content (AvgIpc) is 2.43. The molecule has 0 fully saturated rings. The molecule has 0 spiro atoms. The molecule has 0 saturated carbocycles. The predicted molar refractivity (Wildman–Crippen MR) is 53.2 cm³/mol. The van der Waals surface area contributed by atoms with Crippen molar-refractivity contribution in [3.05, 3.63) is 29.1 Å². The van der Waals surface area contributed by atoms with E-state index in [9.17, 15) is 26.7 Å². The van der Waals surface area contributed by atoms with Gasteiger partial charge in [-0.3, -0.25) is 0 Å². The highest BCUT2D eigenvalue weighted by molar-refractivity contribution is 7.90. The van der Waals surface area contributed by atoms with Gasteiger partial charge in [0.25, 0.3) is 0 Å². The van der Waals surface area contributed by atoms with Gasteiger partial charge in [-0.05, 0) is 12.1 Å². The molecule has 1 aromatic rings. The van der Waals surface area contributed by atoms with Crippen molar-refractivity contribution in [3.63, 3.8) is 0 Å². The van der Waals surface area contributed by atoms with Crippen molar-refractivity contribution in [2.45, 2.75) is 23.3 Å². The zero-order valence-corrected chi connectivity index (χ0v) is 9.51. The van der Waals surface area contributed by atoms with Crippen LogP contribution in [0.3, 0.4) is 0 Å². The number of alkyl halides is 2. The third-order valence-electron chi connectivity index (χ3n) is 2.75. The number of hydrogen-bond donors (Lipinski definition) is 1. The predicted octanol–water partition coefficient (Wildman–Crippen LogP) is 1.62. The summed E-state index contributed by atoms with van der Waals surface area (Å²) in [7, 11) is -3.78. The van der Waals surface area contributed by atoms with Crippen LogP contribution < -0.4 is 0 Å². The minimum absolute atomic E-state index is 0.441. The van der Waals surface area contributed by atoms with E-state index in [1.807, 2.05) is 0 Å². The molecule has 0 aliphatic heterocycles. The lowest BCUT2D eigenvalue weighted by atomic mass is 10.1. The van der Waals surface area contributed by atoms with E-state index >= 15 is 0 Å². The van der Waals surface area contributed by atoms with Crippen LogP contribution in [0.25, 0.3) is 0 Å². The summed E-state index contributed by atoms with van der Waals surface area (Å²) < 4.78 is 62.8. The molecule has 0 radical (unpaired) electrons. The number of halogens is 3. The molecule has 3 nitrogen and oxygen atoms in total. The largest absolute Gasteiger partial charge is 0.385 e. The van der Waals surface area contributed by atoms with Crippen LogP contribution in [0.4, 0.5) is 13.2 Å². The first-order chi connectivity index (χ1) is 7.75. The molecular formula is C10H9F3O3S. The molecule has 17 heavy (non-hydrogen) atoms. The minimum Gasteiger partial charge on any atom is -0.385 e. The first kappa shape index (κ1) is 12.4. The van der Waals surface area contributed by atoms with E-state index in [4.69, 9.17) is 0 Å². The summed E-state index contributed by atoms with van der Waals surface area (Å²) in [6.45, 7) is 0. The molecular weight excluding hydrogens is 257 g/mol. The van der Waals surface area contributed by atoms with Crippen molar-refractivity contribution in [3.8, 4) is 0 Å².